The summed E-state index contributed by atoms with van der Waals surface area (Å²) in [6.07, 6.45) is 5.00. The zero-order valence-corrected chi connectivity index (χ0v) is 16.8. The minimum atomic E-state index is -0.182. The molecule has 0 spiro atoms. The van der Waals surface area contributed by atoms with Gasteiger partial charge in [0.1, 0.15) is 5.75 Å². The van der Waals surface area contributed by atoms with Crippen molar-refractivity contribution in [2.75, 3.05) is 26.2 Å². The van der Waals surface area contributed by atoms with E-state index in [1.165, 1.54) is 25.7 Å². The molecule has 1 fully saturated rings. The van der Waals surface area contributed by atoms with Crippen LogP contribution >= 0.6 is 11.6 Å². The topological polar surface area (TPSA) is 29.5 Å². The van der Waals surface area contributed by atoms with Gasteiger partial charge < -0.3 is 9.64 Å². The molecule has 1 atom stereocenters. The van der Waals surface area contributed by atoms with Crippen molar-refractivity contribution in [2.24, 2.45) is 0 Å². The summed E-state index contributed by atoms with van der Waals surface area (Å²) in [6.45, 7) is 5.47. The van der Waals surface area contributed by atoms with Gasteiger partial charge in [-0.05, 0) is 74.8 Å². The van der Waals surface area contributed by atoms with Gasteiger partial charge in [-0.3, -0.25) is 4.79 Å². The number of ether oxygens (including phenoxy) is 1. The number of likely N-dealkylation sites (tertiary alicyclic amines) is 1. The highest BCUT2D eigenvalue weighted by molar-refractivity contribution is 6.30. The van der Waals surface area contributed by atoms with Crippen LogP contribution in [0.3, 0.4) is 0 Å². The second-order valence-corrected chi connectivity index (χ2v) is 7.58. The fourth-order valence-corrected chi connectivity index (χ4v) is 3.82. The van der Waals surface area contributed by atoms with Crippen molar-refractivity contribution in [2.45, 2.75) is 38.5 Å². The van der Waals surface area contributed by atoms with Gasteiger partial charge in [0, 0.05) is 17.1 Å². The smallest absolute Gasteiger partial charge is 0.171 e. The summed E-state index contributed by atoms with van der Waals surface area (Å²) in [7, 11) is 0. The van der Waals surface area contributed by atoms with Crippen molar-refractivity contribution in [1.29, 1.82) is 0 Å². The van der Waals surface area contributed by atoms with Gasteiger partial charge in [-0.2, -0.15) is 0 Å². The number of rotatable bonds is 7. The number of halogens is 1. The highest BCUT2D eigenvalue weighted by Gasteiger charge is 2.25. The normalized spacial score (nSPS) is 16.5. The number of carbonyl (C=O) groups excluding carboxylic acids is 1. The molecule has 0 amide bonds. The highest BCUT2D eigenvalue weighted by Crippen LogP contribution is 2.26. The number of hydrogen-bond donors (Lipinski definition) is 0. The average molecular weight is 386 g/mol. The molecule has 0 N–H and O–H groups in total. The maximum absolute atomic E-state index is 13.4. The number of benzene rings is 2. The SMILES string of the molecule is CCOc1ccc(C(=O)C(CN2CCCCCC2)c2ccc(Cl)cc2)cc1. The van der Waals surface area contributed by atoms with E-state index >= 15 is 0 Å². The number of Topliss-reactive ketones (excluding diaryl/α,β-unsaturated/α-hetero) is 1. The maximum atomic E-state index is 13.4. The lowest BCUT2D eigenvalue weighted by atomic mass is 9.90. The molecule has 0 bridgehead atoms. The fraction of sp³-hybridized carbons (Fsp3) is 0.435. The van der Waals surface area contributed by atoms with Crippen molar-refractivity contribution >= 4 is 17.4 Å². The summed E-state index contributed by atoms with van der Waals surface area (Å²) in [4.78, 5) is 15.8. The third kappa shape index (κ3) is 5.57. The molecule has 27 heavy (non-hydrogen) atoms. The molecule has 2 aromatic carbocycles. The van der Waals surface area contributed by atoms with Crippen molar-refractivity contribution in [3.05, 3.63) is 64.7 Å². The van der Waals surface area contributed by atoms with E-state index in [2.05, 4.69) is 4.90 Å². The van der Waals surface area contributed by atoms with Crippen molar-refractivity contribution < 1.29 is 9.53 Å². The monoisotopic (exact) mass is 385 g/mol. The van der Waals surface area contributed by atoms with Crippen LogP contribution in [0, 0.1) is 0 Å². The summed E-state index contributed by atoms with van der Waals surface area (Å²) in [6, 6.07) is 15.2. The predicted molar refractivity (Wildman–Crippen MR) is 111 cm³/mol. The molecule has 1 unspecified atom stereocenters. The molecule has 3 rings (SSSR count). The summed E-state index contributed by atoms with van der Waals surface area (Å²) in [5.41, 5.74) is 1.76. The maximum Gasteiger partial charge on any atom is 0.171 e. The summed E-state index contributed by atoms with van der Waals surface area (Å²) in [5, 5.41) is 0.695. The largest absolute Gasteiger partial charge is 0.494 e. The molecule has 1 aliphatic heterocycles. The second-order valence-electron chi connectivity index (χ2n) is 7.14. The number of nitrogens with zero attached hydrogens (tertiary/aromatic N) is 1. The lowest BCUT2D eigenvalue weighted by Crippen LogP contribution is -2.33. The van der Waals surface area contributed by atoms with Gasteiger partial charge in [-0.25, -0.2) is 0 Å². The zero-order valence-electron chi connectivity index (χ0n) is 16.0. The molecule has 2 aromatic rings. The Kier molecular flexibility index (Phi) is 7.31. The van der Waals surface area contributed by atoms with Gasteiger partial charge in [0.2, 0.25) is 0 Å². The molecule has 1 saturated heterocycles. The quantitative estimate of drug-likeness (QED) is 0.582. The Morgan fingerprint density at radius 2 is 1.63 bits per heavy atom. The van der Waals surface area contributed by atoms with Crippen LogP contribution in [0.25, 0.3) is 0 Å². The molecule has 0 radical (unpaired) electrons. The predicted octanol–water partition coefficient (Wildman–Crippen LogP) is 5.58. The van der Waals surface area contributed by atoms with Crippen LogP contribution in [-0.2, 0) is 0 Å². The van der Waals surface area contributed by atoms with E-state index in [9.17, 15) is 4.79 Å². The van der Waals surface area contributed by atoms with Gasteiger partial charge in [0.05, 0.1) is 12.5 Å². The first-order chi connectivity index (χ1) is 13.2. The van der Waals surface area contributed by atoms with Crippen LogP contribution in [0.15, 0.2) is 48.5 Å². The van der Waals surface area contributed by atoms with Crippen LogP contribution in [0.4, 0.5) is 0 Å². The second kappa shape index (κ2) is 9.91. The Bertz CT molecular complexity index is 719. The highest BCUT2D eigenvalue weighted by atomic mass is 35.5. The molecule has 0 aliphatic carbocycles. The van der Waals surface area contributed by atoms with E-state index in [-0.39, 0.29) is 11.7 Å². The van der Waals surface area contributed by atoms with Crippen molar-refractivity contribution in [3.63, 3.8) is 0 Å². The third-order valence-electron chi connectivity index (χ3n) is 5.18. The minimum Gasteiger partial charge on any atom is -0.494 e. The van der Waals surface area contributed by atoms with E-state index < -0.39 is 0 Å². The van der Waals surface area contributed by atoms with Crippen molar-refractivity contribution in [1.82, 2.24) is 4.90 Å². The lowest BCUT2D eigenvalue weighted by molar-refractivity contribution is 0.0934. The molecule has 0 aromatic heterocycles. The first-order valence-corrected chi connectivity index (χ1v) is 10.3. The molecule has 4 heteroatoms. The van der Waals surface area contributed by atoms with E-state index in [0.717, 1.165) is 36.5 Å². The Hall–Kier alpha value is -1.84. The number of carbonyl (C=O) groups is 1. The molecule has 1 aliphatic rings. The fourth-order valence-electron chi connectivity index (χ4n) is 3.70. The number of hydrogen-bond acceptors (Lipinski definition) is 3. The molecular formula is C23H28ClNO2. The van der Waals surface area contributed by atoms with Gasteiger partial charge in [0.15, 0.2) is 5.78 Å². The Morgan fingerprint density at radius 1 is 1.00 bits per heavy atom. The third-order valence-corrected chi connectivity index (χ3v) is 5.43. The molecule has 1 heterocycles. The Morgan fingerprint density at radius 3 is 2.22 bits per heavy atom. The van der Waals surface area contributed by atoms with Gasteiger partial charge in [-0.1, -0.05) is 36.6 Å². The minimum absolute atomic E-state index is 0.157. The average Bonchev–Trinajstić information content (AvgIpc) is 2.96. The van der Waals surface area contributed by atoms with Crippen LogP contribution in [0.1, 0.15) is 54.4 Å². The summed E-state index contributed by atoms with van der Waals surface area (Å²) < 4.78 is 5.50. The van der Waals surface area contributed by atoms with Crippen LogP contribution in [0.2, 0.25) is 5.02 Å². The van der Waals surface area contributed by atoms with E-state index in [1.54, 1.807) is 0 Å². The summed E-state index contributed by atoms with van der Waals surface area (Å²) >= 11 is 6.06. The van der Waals surface area contributed by atoms with Gasteiger partial charge in [0.25, 0.3) is 0 Å². The van der Waals surface area contributed by atoms with Gasteiger partial charge >= 0.3 is 0 Å². The number of ketones is 1. The van der Waals surface area contributed by atoms with Gasteiger partial charge in [-0.15, -0.1) is 0 Å². The first kappa shape index (κ1) is 19.9. The van der Waals surface area contributed by atoms with E-state index in [4.69, 9.17) is 16.3 Å². The Balaban J connectivity index is 1.83. The Labute approximate surface area is 167 Å². The van der Waals surface area contributed by atoms with Crippen LogP contribution in [-0.4, -0.2) is 36.9 Å². The molecule has 3 nitrogen and oxygen atoms in total. The zero-order chi connectivity index (χ0) is 19.1. The molecule has 0 saturated carbocycles. The van der Waals surface area contributed by atoms with Crippen LogP contribution in [0.5, 0.6) is 5.75 Å². The van der Waals surface area contributed by atoms with Crippen LogP contribution < -0.4 is 4.74 Å². The molecule has 144 valence electrons. The lowest BCUT2D eigenvalue weighted by Gasteiger charge is -2.26. The molecular weight excluding hydrogens is 358 g/mol. The van der Waals surface area contributed by atoms with Crippen molar-refractivity contribution in [3.8, 4) is 5.75 Å². The van der Waals surface area contributed by atoms with E-state index in [0.29, 0.717) is 11.6 Å². The summed E-state index contributed by atoms with van der Waals surface area (Å²) in [5.74, 6) is 0.771. The van der Waals surface area contributed by atoms with E-state index in [1.807, 2.05) is 55.5 Å². The first-order valence-electron chi connectivity index (χ1n) is 9.92. The standard InChI is InChI=1S/C23H28ClNO2/c1-2-27-21-13-9-19(10-14-21)23(26)22(18-7-11-20(24)12-8-18)17-25-15-5-3-4-6-16-25/h7-14,22H,2-6,15-17H2,1H3.